The number of ether oxygens (including phenoxy) is 11. The van der Waals surface area contributed by atoms with Gasteiger partial charge in [-0.3, -0.25) is 67.0 Å². The van der Waals surface area contributed by atoms with E-state index in [1.54, 1.807) is 153 Å². The molecule has 3 aromatic heterocycles. The van der Waals surface area contributed by atoms with Gasteiger partial charge in [-0.2, -0.15) is 13.2 Å². The van der Waals surface area contributed by atoms with Crippen LogP contribution in [0, 0.1) is 40.1 Å². The number of anilines is 6. The number of ketones is 2. The Hall–Kier alpha value is -12.0. The smallest absolute Gasteiger partial charge is 0.332 e. The van der Waals surface area contributed by atoms with Gasteiger partial charge in [-0.05, 0) is 135 Å². The molecule has 9 aromatic rings. The molecule has 6 aromatic carbocycles. The Balaban J connectivity index is 0.000000167. The first-order valence-corrected chi connectivity index (χ1v) is 47.1. The highest BCUT2D eigenvalue weighted by Crippen LogP contribution is 2.73. The Morgan fingerprint density at radius 3 is 1.31 bits per heavy atom. The van der Waals surface area contributed by atoms with Crippen LogP contribution in [0.1, 0.15) is 102 Å². The molecule has 4 aliphatic heterocycles. The van der Waals surface area contributed by atoms with Crippen molar-refractivity contribution in [3.8, 4) is 0 Å². The Bertz CT molecular complexity index is 6870. The van der Waals surface area contributed by atoms with E-state index in [2.05, 4.69) is 16.0 Å². The molecule has 3 saturated carbocycles. The van der Waals surface area contributed by atoms with Gasteiger partial charge in [0.05, 0.1) is 109 Å². The minimum atomic E-state index is -2.40. The van der Waals surface area contributed by atoms with Crippen molar-refractivity contribution in [2.24, 2.45) is 22.7 Å². The number of aliphatic hydroxyl groups excluding tert-OH is 3. The number of aromatic amines is 3. The number of H-pyrrole nitrogens is 3. The van der Waals surface area contributed by atoms with Crippen molar-refractivity contribution in [3.05, 3.63) is 297 Å². The van der Waals surface area contributed by atoms with Crippen molar-refractivity contribution in [3.63, 3.8) is 0 Å². The highest BCUT2D eigenvalue weighted by atomic mass is 35.5. The molecule has 7 heterocycles. The molecule has 764 valence electrons. The standard InChI is InChI=1S/C37H29Cl4FN4O7.C37H43F3N2O14.C23H20Cl2FN3O6/c38-22-9-5-10-23(39)34(22)43-27-13-3-1-7-20(27)15-32(47)51-19-30-29(17-31(52-30)46-18-26(42)36(49)45-37(46)50)53-33(48)16-21-8-2-4-14-28(21)44-35-24(40)11-6-12-25(35)41;1-33(2)55-27-9-18-19-8-21(38)20-7-17(43)5-6-34(20,3)36(19,40)25(45)11-35(18,4)37(27,56-33)26(46)14-53-30(48)16-51-15-29(47)52-13-24-23(44)10-28(54-24)42-12-22(39)31(49)41-32(42)50;24-13-5-3-6-14(25)21(13)27-16-7-2-1-4-12(16)8-20(31)34-11-18-17(30)9-19(35-18)29-10-15(26)22(32)28-23(29)33/h1-14,18,29-31,43-44H,15-17,19H2,(H,45,49,50);5-7,12,18-19,21,23-25,27-28,44-45H,8-11,13-16H2,1-4H3,(H,41,49,50);1-7,10,17-19,27,30H,8-9,11H2,(H,28,32,33)/t;18?,19?,21-,23?,24?,25-,27+,28?,34?,35?,36-,37+;/m.0./s1. The summed E-state index contributed by atoms with van der Waals surface area (Å²) in [4.78, 5) is 167. The fraction of sp³-hybridized carbons (Fsp3) is 0.392. The van der Waals surface area contributed by atoms with E-state index in [0.29, 0.717) is 99.5 Å². The summed E-state index contributed by atoms with van der Waals surface area (Å²) in [5.74, 6) is -11.9. The minimum Gasteiger partial charge on any atom is -0.463 e. The van der Waals surface area contributed by atoms with Gasteiger partial charge in [0.25, 0.3) is 16.7 Å². The molecular formula is C97H92Cl6F5N9O27. The van der Waals surface area contributed by atoms with Gasteiger partial charge in [0.1, 0.15) is 82.3 Å². The maximum atomic E-state index is 17.6. The molecule has 36 nitrogen and oxygen atoms in total. The highest BCUT2D eigenvalue weighted by Gasteiger charge is 2.81. The predicted octanol–water partition coefficient (Wildman–Crippen LogP) is 12.0. The zero-order valence-corrected chi connectivity index (χ0v) is 81.0. The van der Waals surface area contributed by atoms with E-state index in [9.17, 15) is 90.8 Å². The van der Waals surface area contributed by atoms with Crippen LogP contribution < -0.4 is 49.7 Å². The molecule has 4 saturated heterocycles. The predicted molar refractivity (Wildman–Crippen MR) is 507 cm³/mol. The lowest BCUT2D eigenvalue weighted by Crippen LogP contribution is -2.71. The van der Waals surface area contributed by atoms with Crippen molar-refractivity contribution >= 4 is 145 Å². The van der Waals surface area contributed by atoms with Crippen LogP contribution in [0.3, 0.4) is 0 Å². The zero-order valence-electron chi connectivity index (χ0n) is 76.4. The van der Waals surface area contributed by atoms with E-state index in [0.717, 1.165) is 19.8 Å². The molecule has 0 amide bonds. The quantitative estimate of drug-likeness (QED) is 0.0119. The number of hydrogen-bond acceptors (Lipinski definition) is 30. The average molecular weight is 2120 g/mol. The van der Waals surface area contributed by atoms with Gasteiger partial charge in [-0.15, -0.1) is 0 Å². The van der Waals surface area contributed by atoms with E-state index in [1.807, 2.05) is 9.97 Å². The van der Waals surface area contributed by atoms with Crippen molar-refractivity contribution in [2.45, 2.75) is 176 Å². The summed E-state index contributed by atoms with van der Waals surface area (Å²) >= 11 is 37.8. The lowest BCUT2D eigenvalue weighted by molar-refractivity contribution is -0.249. The SMILES string of the molecule is CC1(C)O[C@@H]2CC3C4C[C@H](F)C5=CC(=O)C=CC5(C)[C@@]4(F)[C@@H](O)CC3(C)[C@]2(C(=O)COC(=O)COCC(=O)OCC2OC(n3cc(F)c(=O)[nH]c3=O)CC2O)O1.O=C(Cc1ccccc1Nc1c(Cl)cccc1Cl)OCC1OC(n2cc(F)c(=O)[nH]c2=O)CC1O.O=C(Cc1ccccc1Nc1c(Cl)cccc1Cl)OCC1OC(n2cc(F)c(=O)[nH]c2=O)CC1OC(=O)Cc1ccccc1Nc1c(Cl)cccc1Cl. The molecule has 17 rings (SSSR count). The van der Waals surface area contributed by atoms with Crippen molar-refractivity contribution < 1.29 is 123 Å². The lowest BCUT2D eigenvalue weighted by atomic mass is 9.44. The first kappa shape index (κ1) is 106. The van der Waals surface area contributed by atoms with E-state index < -0.39 is 232 Å². The molecular weight excluding hydrogens is 2030 g/mol. The topological polar surface area (TPSA) is 482 Å². The highest BCUT2D eigenvalue weighted by molar-refractivity contribution is 6.40. The number of aliphatic hydroxyl groups is 3. The van der Waals surface area contributed by atoms with Gasteiger partial charge in [-0.25, -0.2) is 32.8 Å². The normalized spacial score (nSPS) is 26.6. The molecule has 0 radical (unpaired) electrons. The van der Waals surface area contributed by atoms with Crippen LogP contribution in [-0.4, -0.2) is 197 Å². The summed E-state index contributed by atoms with van der Waals surface area (Å²) in [6.07, 6.45) is -9.99. The van der Waals surface area contributed by atoms with Crippen LogP contribution in [0.2, 0.25) is 30.1 Å². The summed E-state index contributed by atoms with van der Waals surface area (Å²) < 4.78 is 139. The van der Waals surface area contributed by atoms with Crippen molar-refractivity contribution in [2.75, 3.05) is 55.6 Å². The number of carbonyl (C=O) groups is 7. The number of rotatable bonds is 29. The largest absolute Gasteiger partial charge is 0.463 e. The number of esters is 5. The third-order valence-electron chi connectivity index (χ3n) is 26.4. The Labute approximate surface area is 842 Å². The van der Waals surface area contributed by atoms with E-state index in [-0.39, 0.29) is 76.6 Å². The maximum absolute atomic E-state index is 17.6. The summed E-state index contributed by atoms with van der Waals surface area (Å²) in [5.41, 5.74) is -8.70. The van der Waals surface area contributed by atoms with Gasteiger partial charge in [-0.1, -0.05) is 155 Å². The van der Waals surface area contributed by atoms with Crippen LogP contribution in [0.4, 0.5) is 56.1 Å². The molecule has 9 N–H and O–H groups in total. The Morgan fingerprint density at radius 2 is 0.868 bits per heavy atom. The monoisotopic (exact) mass is 2120 g/mol. The van der Waals surface area contributed by atoms with Crippen molar-refractivity contribution in [1.29, 1.82) is 0 Å². The molecule has 0 spiro atoms. The Morgan fingerprint density at radius 1 is 0.479 bits per heavy atom. The minimum absolute atomic E-state index is 0.0387. The van der Waals surface area contributed by atoms with Gasteiger partial charge >= 0.3 is 46.9 Å². The van der Waals surface area contributed by atoms with Crippen LogP contribution in [0.5, 0.6) is 0 Å². The van der Waals surface area contributed by atoms with Crippen molar-refractivity contribution in [1.82, 2.24) is 28.7 Å². The second-order valence-electron chi connectivity index (χ2n) is 35.9. The molecule has 4 aliphatic carbocycles. The summed E-state index contributed by atoms with van der Waals surface area (Å²) in [5, 5.41) is 44.1. The fourth-order valence-electron chi connectivity index (χ4n) is 19.5. The number of alkyl halides is 2. The first-order chi connectivity index (χ1) is 68.3. The second kappa shape index (κ2) is 44.1. The molecule has 18 atom stereocenters. The Kier molecular flexibility index (Phi) is 32.5. The molecule has 13 unspecified atom stereocenters. The number of fused-ring (bicyclic) bond motifs is 7. The van der Waals surface area contributed by atoms with Gasteiger partial charge in [0, 0.05) is 53.1 Å². The van der Waals surface area contributed by atoms with Crippen LogP contribution >= 0.6 is 69.6 Å². The summed E-state index contributed by atoms with van der Waals surface area (Å²) in [6, 6.07) is 36.2. The maximum Gasteiger partial charge on any atom is 0.332 e. The number of nitrogens with one attached hydrogen (secondary N) is 6. The average Bonchev–Trinajstić information content (AvgIpc) is 1.47. The second-order valence-corrected chi connectivity index (χ2v) is 38.4. The number of carbonyl (C=O) groups excluding carboxylic acids is 7. The van der Waals surface area contributed by atoms with Gasteiger partial charge in [0.15, 0.2) is 29.4 Å². The molecule has 144 heavy (non-hydrogen) atoms. The number of hydrogen-bond donors (Lipinski definition) is 9. The number of halogens is 11. The number of Topliss-reactive ketones (excluding diaryl/α,β-unsaturated/α-hetero) is 1. The molecule has 47 heteroatoms. The number of para-hydroxylation sites is 6. The molecule has 0 bridgehead atoms. The first-order valence-electron chi connectivity index (χ1n) is 44.9. The summed E-state index contributed by atoms with van der Waals surface area (Å²) in [6.45, 7) is 2.75. The van der Waals surface area contributed by atoms with Gasteiger partial charge < -0.3 is 83.4 Å². The fourth-order valence-corrected chi connectivity index (χ4v) is 21.0. The number of nitrogens with zero attached hydrogens (tertiary/aromatic N) is 3. The van der Waals surface area contributed by atoms with Crippen LogP contribution in [0.25, 0.3) is 0 Å². The number of benzene rings is 6. The zero-order chi connectivity index (χ0) is 104. The molecule has 8 aliphatic rings. The lowest BCUT2D eigenvalue weighted by Gasteiger charge is -2.63. The van der Waals surface area contributed by atoms with E-state index in [1.165, 1.54) is 19.1 Å². The van der Waals surface area contributed by atoms with Gasteiger partial charge in [0.2, 0.25) is 23.2 Å². The van der Waals surface area contributed by atoms with Crippen LogP contribution in [-0.2, 0) is 105 Å². The number of aromatic nitrogens is 6. The number of allylic oxidation sites excluding steroid dienone is 4. The van der Waals surface area contributed by atoms with Crippen LogP contribution in [0.15, 0.2) is 199 Å². The van der Waals surface area contributed by atoms with E-state index >= 15 is 8.78 Å². The summed E-state index contributed by atoms with van der Waals surface area (Å²) in [7, 11) is 0. The van der Waals surface area contributed by atoms with E-state index in [4.69, 9.17) is 122 Å². The third-order valence-corrected chi connectivity index (χ3v) is 28.3. The third kappa shape index (κ3) is 22.6. The molecule has 7 fully saturated rings.